The SMILES string of the molecule is CC(=O)C=N.[Y]. The van der Waals surface area contributed by atoms with E-state index in [1.54, 1.807) is 0 Å². The molecule has 0 aromatic rings. The summed E-state index contributed by atoms with van der Waals surface area (Å²) in [6.45, 7) is 1.34. The first kappa shape index (κ1) is 9.67. The van der Waals surface area contributed by atoms with Crippen LogP contribution in [0.2, 0.25) is 0 Å². The maximum absolute atomic E-state index is 9.57. The third-order valence-electron chi connectivity index (χ3n) is 0.203. The second kappa shape index (κ2) is 5.44. The van der Waals surface area contributed by atoms with Gasteiger partial charge in [-0.3, -0.25) is 4.79 Å². The fraction of sp³-hybridized carbons (Fsp3) is 0.333. The summed E-state index contributed by atoms with van der Waals surface area (Å²) in [4.78, 5) is 9.57. The van der Waals surface area contributed by atoms with E-state index in [9.17, 15) is 4.79 Å². The van der Waals surface area contributed by atoms with Gasteiger partial charge in [0.1, 0.15) is 0 Å². The number of hydrogen-bond donors (Lipinski definition) is 1. The predicted molar refractivity (Wildman–Crippen MR) is 19.5 cm³/mol. The standard InChI is InChI=1S/C3H5NO.Y/c1-3(5)2-4;/h2,4H,1H3;. The molecule has 31 valence electrons. The van der Waals surface area contributed by atoms with E-state index in [0.717, 1.165) is 6.21 Å². The van der Waals surface area contributed by atoms with Crippen LogP contribution in [0.25, 0.3) is 0 Å². The van der Waals surface area contributed by atoms with Crippen molar-refractivity contribution in [2.45, 2.75) is 6.92 Å². The van der Waals surface area contributed by atoms with E-state index in [-0.39, 0.29) is 38.5 Å². The molecule has 0 aliphatic heterocycles. The van der Waals surface area contributed by atoms with Crippen molar-refractivity contribution < 1.29 is 37.5 Å². The fourth-order valence-electron chi connectivity index (χ4n) is 0. The van der Waals surface area contributed by atoms with E-state index < -0.39 is 0 Å². The first-order chi connectivity index (χ1) is 2.27. The molecule has 2 nitrogen and oxygen atoms in total. The van der Waals surface area contributed by atoms with Crippen LogP contribution in [-0.4, -0.2) is 12.0 Å². The largest absolute Gasteiger partial charge is 0.305 e. The van der Waals surface area contributed by atoms with Gasteiger partial charge in [0.2, 0.25) is 0 Å². The summed E-state index contributed by atoms with van der Waals surface area (Å²) in [6, 6.07) is 0. The molecule has 0 fully saturated rings. The molecule has 0 bridgehead atoms. The zero-order valence-corrected chi connectivity index (χ0v) is 6.40. The molecule has 0 saturated carbocycles. The Hall–Kier alpha value is 0.444. The van der Waals surface area contributed by atoms with E-state index >= 15 is 0 Å². The number of carbonyl (C=O) groups is 1. The maximum Gasteiger partial charge on any atom is 0.170 e. The van der Waals surface area contributed by atoms with Crippen molar-refractivity contribution in [3.63, 3.8) is 0 Å². The average molecular weight is 160 g/mol. The van der Waals surface area contributed by atoms with E-state index in [1.165, 1.54) is 6.92 Å². The Morgan fingerprint density at radius 3 is 2.00 bits per heavy atom. The van der Waals surface area contributed by atoms with Gasteiger partial charge in [-0.25, -0.2) is 0 Å². The van der Waals surface area contributed by atoms with Crippen LogP contribution in [0.5, 0.6) is 0 Å². The summed E-state index contributed by atoms with van der Waals surface area (Å²) >= 11 is 0. The van der Waals surface area contributed by atoms with Crippen LogP contribution in [0.4, 0.5) is 0 Å². The minimum atomic E-state index is -0.204. The van der Waals surface area contributed by atoms with Crippen molar-refractivity contribution in [3.8, 4) is 0 Å². The topological polar surface area (TPSA) is 40.9 Å². The molecular weight excluding hydrogens is 155 g/mol. The molecular formula is C3H5NOY. The van der Waals surface area contributed by atoms with Gasteiger partial charge < -0.3 is 5.41 Å². The summed E-state index contributed by atoms with van der Waals surface area (Å²) < 4.78 is 0. The van der Waals surface area contributed by atoms with Gasteiger partial charge in [0.25, 0.3) is 0 Å². The normalized spacial score (nSPS) is 5.50. The first-order valence-electron chi connectivity index (χ1n) is 1.28. The number of nitrogens with one attached hydrogen (secondary N) is 1. The summed E-state index contributed by atoms with van der Waals surface area (Å²) in [7, 11) is 0. The van der Waals surface area contributed by atoms with E-state index in [0.29, 0.717) is 0 Å². The van der Waals surface area contributed by atoms with Gasteiger partial charge in [-0.2, -0.15) is 0 Å². The molecule has 0 aromatic heterocycles. The van der Waals surface area contributed by atoms with Crippen molar-refractivity contribution in [1.82, 2.24) is 0 Å². The summed E-state index contributed by atoms with van der Waals surface area (Å²) in [5.74, 6) is -0.204. The zero-order chi connectivity index (χ0) is 4.28. The molecule has 0 aromatic carbocycles. The van der Waals surface area contributed by atoms with Gasteiger partial charge in [-0.1, -0.05) is 0 Å². The van der Waals surface area contributed by atoms with Gasteiger partial charge in [0.05, 0.1) is 6.21 Å². The molecule has 0 spiro atoms. The number of ketones is 1. The van der Waals surface area contributed by atoms with Gasteiger partial charge in [-0.15, -0.1) is 0 Å². The monoisotopic (exact) mass is 160 g/mol. The quantitative estimate of drug-likeness (QED) is 0.547. The number of carbonyl (C=O) groups excluding carboxylic acids is 1. The molecule has 0 atom stereocenters. The van der Waals surface area contributed by atoms with Crippen LogP contribution in [0.3, 0.4) is 0 Å². The molecule has 1 N–H and O–H groups in total. The van der Waals surface area contributed by atoms with Gasteiger partial charge in [-0.05, 0) is 0 Å². The van der Waals surface area contributed by atoms with E-state index in [2.05, 4.69) is 0 Å². The zero-order valence-electron chi connectivity index (χ0n) is 3.56. The van der Waals surface area contributed by atoms with Crippen LogP contribution in [0.1, 0.15) is 6.92 Å². The minimum Gasteiger partial charge on any atom is -0.305 e. The molecule has 0 aliphatic rings. The molecule has 0 heterocycles. The fourth-order valence-corrected chi connectivity index (χ4v) is 0. The molecule has 0 aliphatic carbocycles. The molecule has 0 unspecified atom stereocenters. The Morgan fingerprint density at radius 1 is 1.83 bits per heavy atom. The third-order valence-corrected chi connectivity index (χ3v) is 0.203. The van der Waals surface area contributed by atoms with Crippen molar-refractivity contribution >= 4 is 12.0 Å². The summed E-state index contributed by atoms with van der Waals surface area (Å²) in [5, 5.41) is 6.18. The van der Waals surface area contributed by atoms with Crippen LogP contribution < -0.4 is 0 Å². The smallest absolute Gasteiger partial charge is 0.170 e. The van der Waals surface area contributed by atoms with Gasteiger partial charge in [0.15, 0.2) is 5.78 Å². The van der Waals surface area contributed by atoms with Crippen LogP contribution in [0, 0.1) is 5.41 Å². The van der Waals surface area contributed by atoms with Crippen molar-refractivity contribution in [3.05, 3.63) is 0 Å². The molecule has 1 radical (unpaired) electrons. The first-order valence-corrected chi connectivity index (χ1v) is 1.28. The minimum absolute atomic E-state index is 0. The van der Waals surface area contributed by atoms with E-state index in [4.69, 9.17) is 5.41 Å². The second-order valence-electron chi connectivity index (χ2n) is 0.755. The van der Waals surface area contributed by atoms with Crippen LogP contribution in [0.15, 0.2) is 0 Å². The maximum atomic E-state index is 9.57. The Morgan fingerprint density at radius 2 is 2.00 bits per heavy atom. The third kappa shape index (κ3) is 8.82. The Labute approximate surface area is 61.7 Å². The molecule has 6 heavy (non-hydrogen) atoms. The summed E-state index contributed by atoms with van der Waals surface area (Å²) in [5.41, 5.74) is 0. The Kier molecular flexibility index (Phi) is 8.77. The molecule has 3 heteroatoms. The molecule has 0 amide bonds. The number of rotatable bonds is 1. The van der Waals surface area contributed by atoms with Crippen LogP contribution >= 0.6 is 0 Å². The van der Waals surface area contributed by atoms with Crippen molar-refractivity contribution in [2.75, 3.05) is 0 Å². The Bertz CT molecular complexity index is 61.8. The predicted octanol–water partition coefficient (Wildman–Crippen LogP) is 0.222. The molecule has 0 rings (SSSR count). The average Bonchev–Trinajstić information content (AvgIpc) is 1.38. The molecule has 0 saturated heterocycles. The number of Topliss-reactive ketones (excluding diaryl/α,β-unsaturated/α-hetero) is 1. The van der Waals surface area contributed by atoms with Gasteiger partial charge in [0, 0.05) is 39.6 Å². The van der Waals surface area contributed by atoms with Crippen LogP contribution in [-0.2, 0) is 37.5 Å². The Balaban J connectivity index is 0. The van der Waals surface area contributed by atoms with Crippen molar-refractivity contribution in [2.24, 2.45) is 0 Å². The number of hydrogen-bond acceptors (Lipinski definition) is 2. The summed E-state index contributed by atoms with van der Waals surface area (Å²) in [6.07, 6.45) is 0.778. The van der Waals surface area contributed by atoms with Crippen molar-refractivity contribution in [1.29, 1.82) is 5.41 Å². The van der Waals surface area contributed by atoms with Gasteiger partial charge >= 0.3 is 0 Å². The van der Waals surface area contributed by atoms with E-state index in [1.807, 2.05) is 0 Å². The second-order valence-corrected chi connectivity index (χ2v) is 0.755.